The molecule has 0 radical (unpaired) electrons. The first-order chi connectivity index (χ1) is 9.05. The first-order valence-electron chi connectivity index (χ1n) is 6.72. The van der Waals surface area contributed by atoms with Crippen molar-refractivity contribution in [2.45, 2.75) is 51.9 Å². The number of nitrogens with one attached hydrogen (secondary N) is 1. The van der Waals surface area contributed by atoms with Crippen LogP contribution >= 0.6 is 0 Å². The summed E-state index contributed by atoms with van der Waals surface area (Å²) in [6.45, 7) is 6.15. The minimum absolute atomic E-state index is 0.160. The molecule has 0 aliphatic rings. The van der Waals surface area contributed by atoms with Gasteiger partial charge in [-0.15, -0.1) is 0 Å². The van der Waals surface area contributed by atoms with Crippen molar-refractivity contribution in [2.24, 2.45) is 0 Å². The molecule has 20 heavy (non-hydrogen) atoms. The molecule has 0 bridgehead atoms. The molecule has 0 aliphatic carbocycles. The SMILES string of the molecule is CCOC(=O)C(C)(CCN(CC(F)(F)F)C(C)C)NC. The maximum atomic E-state index is 12.5. The third-order valence-electron chi connectivity index (χ3n) is 3.29. The Morgan fingerprint density at radius 2 is 1.90 bits per heavy atom. The summed E-state index contributed by atoms with van der Waals surface area (Å²) in [5.41, 5.74) is -0.977. The zero-order valence-electron chi connectivity index (χ0n) is 12.8. The Morgan fingerprint density at radius 3 is 2.25 bits per heavy atom. The van der Waals surface area contributed by atoms with Crippen LogP contribution in [0.5, 0.6) is 0 Å². The summed E-state index contributed by atoms with van der Waals surface area (Å²) in [4.78, 5) is 13.1. The molecule has 4 nitrogen and oxygen atoms in total. The van der Waals surface area contributed by atoms with E-state index in [1.54, 1.807) is 34.7 Å². The summed E-state index contributed by atoms with van der Waals surface area (Å²) in [6.07, 6.45) is -4.00. The van der Waals surface area contributed by atoms with Gasteiger partial charge in [0.25, 0.3) is 0 Å². The zero-order chi connectivity index (χ0) is 16.0. The van der Waals surface area contributed by atoms with Gasteiger partial charge in [-0.05, 0) is 41.2 Å². The second kappa shape index (κ2) is 7.83. The summed E-state index contributed by atoms with van der Waals surface area (Å²) in [7, 11) is 1.60. The van der Waals surface area contributed by atoms with Crippen molar-refractivity contribution in [3.8, 4) is 0 Å². The van der Waals surface area contributed by atoms with Gasteiger partial charge in [0.2, 0.25) is 0 Å². The van der Waals surface area contributed by atoms with E-state index in [2.05, 4.69) is 5.32 Å². The molecule has 1 unspecified atom stereocenters. The molecule has 0 saturated carbocycles. The van der Waals surface area contributed by atoms with Crippen molar-refractivity contribution >= 4 is 5.97 Å². The third-order valence-corrected chi connectivity index (χ3v) is 3.29. The Balaban J connectivity index is 4.69. The van der Waals surface area contributed by atoms with Crippen LogP contribution in [-0.4, -0.2) is 55.4 Å². The number of ether oxygens (including phenoxy) is 1. The molecule has 0 aromatic rings. The van der Waals surface area contributed by atoms with Crippen LogP contribution in [0.25, 0.3) is 0 Å². The maximum Gasteiger partial charge on any atom is 0.401 e. The fraction of sp³-hybridized carbons (Fsp3) is 0.923. The molecule has 0 saturated heterocycles. The van der Waals surface area contributed by atoms with Crippen molar-refractivity contribution in [3.05, 3.63) is 0 Å². The molecular weight excluding hydrogens is 273 g/mol. The van der Waals surface area contributed by atoms with Gasteiger partial charge in [0.1, 0.15) is 5.54 Å². The smallest absolute Gasteiger partial charge is 0.401 e. The van der Waals surface area contributed by atoms with Gasteiger partial charge >= 0.3 is 12.1 Å². The predicted octanol–water partition coefficient (Wildman–Crippen LogP) is 2.19. The Kier molecular flexibility index (Phi) is 7.51. The number of carbonyl (C=O) groups is 1. The lowest BCUT2D eigenvalue weighted by atomic mass is 9.97. The molecule has 120 valence electrons. The second-order valence-electron chi connectivity index (χ2n) is 5.23. The van der Waals surface area contributed by atoms with E-state index in [0.29, 0.717) is 0 Å². The van der Waals surface area contributed by atoms with Gasteiger partial charge in [0, 0.05) is 12.6 Å². The number of hydrogen-bond donors (Lipinski definition) is 1. The number of rotatable bonds is 8. The van der Waals surface area contributed by atoms with Crippen molar-refractivity contribution in [1.29, 1.82) is 0 Å². The van der Waals surface area contributed by atoms with E-state index < -0.39 is 24.2 Å². The van der Waals surface area contributed by atoms with Gasteiger partial charge in [-0.3, -0.25) is 9.69 Å². The minimum atomic E-state index is -4.25. The largest absolute Gasteiger partial charge is 0.465 e. The summed E-state index contributed by atoms with van der Waals surface area (Å²) in [5.74, 6) is -0.446. The lowest BCUT2D eigenvalue weighted by Crippen LogP contribution is -2.52. The molecule has 0 aromatic carbocycles. The van der Waals surface area contributed by atoms with E-state index in [9.17, 15) is 18.0 Å². The first-order valence-corrected chi connectivity index (χ1v) is 6.72. The zero-order valence-corrected chi connectivity index (χ0v) is 12.8. The third kappa shape index (κ3) is 6.56. The van der Waals surface area contributed by atoms with E-state index in [0.717, 1.165) is 0 Å². The van der Waals surface area contributed by atoms with Crippen molar-refractivity contribution in [3.63, 3.8) is 0 Å². The number of esters is 1. The summed E-state index contributed by atoms with van der Waals surface area (Å²) in [5, 5.41) is 2.84. The quantitative estimate of drug-likeness (QED) is 0.698. The molecule has 1 atom stereocenters. The highest BCUT2D eigenvalue weighted by molar-refractivity contribution is 5.80. The normalized spacial score (nSPS) is 15.5. The van der Waals surface area contributed by atoms with Crippen LogP contribution in [0.2, 0.25) is 0 Å². The van der Waals surface area contributed by atoms with Crippen LogP contribution in [0, 0.1) is 0 Å². The minimum Gasteiger partial charge on any atom is -0.465 e. The van der Waals surface area contributed by atoms with E-state index in [4.69, 9.17) is 4.74 Å². The predicted molar refractivity (Wildman–Crippen MR) is 71.5 cm³/mol. The van der Waals surface area contributed by atoms with E-state index in [1.165, 1.54) is 4.90 Å². The average Bonchev–Trinajstić information content (AvgIpc) is 2.32. The van der Waals surface area contributed by atoms with Crippen LogP contribution in [0.15, 0.2) is 0 Å². The molecule has 0 amide bonds. The van der Waals surface area contributed by atoms with Crippen molar-refractivity contribution in [2.75, 3.05) is 26.7 Å². The van der Waals surface area contributed by atoms with Crippen LogP contribution in [0.1, 0.15) is 34.1 Å². The fourth-order valence-corrected chi connectivity index (χ4v) is 1.74. The molecule has 0 spiro atoms. The fourth-order valence-electron chi connectivity index (χ4n) is 1.74. The number of hydrogen-bond acceptors (Lipinski definition) is 4. The highest BCUT2D eigenvalue weighted by atomic mass is 19.4. The molecule has 0 fully saturated rings. The summed E-state index contributed by atoms with van der Waals surface area (Å²) < 4.78 is 42.4. The van der Waals surface area contributed by atoms with E-state index in [1.807, 2.05) is 0 Å². The lowest BCUT2D eigenvalue weighted by molar-refractivity contribution is -0.154. The molecule has 0 aromatic heterocycles. The van der Waals surface area contributed by atoms with Crippen LogP contribution < -0.4 is 5.32 Å². The number of likely N-dealkylation sites (N-methyl/N-ethyl adjacent to an activating group) is 1. The second-order valence-corrected chi connectivity index (χ2v) is 5.23. The highest BCUT2D eigenvalue weighted by Crippen LogP contribution is 2.20. The van der Waals surface area contributed by atoms with E-state index >= 15 is 0 Å². The highest BCUT2D eigenvalue weighted by Gasteiger charge is 2.36. The maximum absolute atomic E-state index is 12.5. The number of nitrogens with zero attached hydrogens (tertiary/aromatic N) is 1. The van der Waals surface area contributed by atoms with Gasteiger partial charge in [0.15, 0.2) is 0 Å². The first kappa shape index (κ1) is 19.2. The van der Waals surface area contributed by atoms with Gasteiger partial charge in [-0.25, -0.2) is 0 Å². The molecule has 7 heteroatoms. The molecule has 1 N–H and O–H groups in total. The molecule has 0 heterocycles. The Labute approximate surface area is 118 Å². The van der Waals surface area contributed by atoms with E-state index in [-0.39, 0.29) is 25.6 Å². The lowest BCUT2D eigenvalue weighted by Gasteiger charge is -2.32. The molecular formula is C13H25F3N2O2. The summed E-state index contributed by atoms with van der Waals surface area (Å²) in [6, 6.07) is -0.250. The van der Waals surface area contributed by atoms with Gasteiger partial charge < -0.3 is 10.1 Å². The Morgan fingerprint density at radius 1 is 1.35 bits per heavy atom. The Hall–Kier alpha value is -0.820. The molecule has 0 aliphatic heterocycles. The van der Waals surface area contributed by atoms with Gasteiger partial charge in [-0.2, -0.15) is 13.2 Å². The topological polar surface area (TPSA) is 41.6 Å². The van der Waals surface area contributed by atoms with Gasteiger partial charge in [0.05, 0.1) is 13.2 Å². The molecule has 0 rings (SSSR count). The van der Waals surface area contributed by atoms with Crippen LogP contribution in [-0.2, 0) is 9.53 Å². The van der Waals surface area contributed by atoms with Crippen molar-refractivity contribution in [1.82, 2.24) is 10.2 Å². The average molecular weight is 298 g/mol. The van der Waals surface area contributed by atoms with Crippen molar-refractivity contribution < 1.29 is 22.7 Å². The van der Waals surface area contributed by atoms with Crippen LogP contribution in [0.3, 0.4) is 0 Å². The van der Waals surface area contributed by atoms with Crippen LogP contribution in [0.4, 0.5) is 13.2 Å². The standard InChI is InChI=1S/C13H25F3N2O2/c1-6-20-11(19)12(4,17-5)7-8-18(10(2)3)9-13(14,15)16/h10,17H,6-9H2,1-5H3. The number of carbonyl (C=O) groups excluding carboxylic acids is 1. The summed E-state index contributed by atoms with van der Waals surface area (Å²) >= 11 is 0. The van der Waals surface area contributed by atoms with Gasteiger partial charge in [-0.1, -0.05) is 0 Å². The number of alkyl halides is 3. The number of halogens is 3. The Bertz CT molecular complexity index is 308. The monoisotopic (exact) mass is 298 g/mol.